The summed E-state index contributed by atoms with van der Waals surface area (Å²) in [6.07, 6.45) is 2.49. The van der Waals surface area contributed by atoms with Crippen LogP contribution in [0.3, 0.4) is 0 Å². The Morgan fingerprint density at radius 2 is 2.04 bits per heavy atom. The van der Waals surface area contributed by atoms with E-state index in [9.17, 15) is 0 Å². The molecule has 1 saturated heterocycles. The Kier molecular flexibility index (Phi) is 4.33. The number of hydrogen-bond donors (Lipinski definition) is 0. The van der Waals surface area contributed by atoms with Gasteiger partial charge in [-0.25, -0.2) is 0 Å². The van der Waals surface area contributed by atoms with Crippen molar-refractivity contribution in [1.82, 2.24) is 19.7 Å². The van der Waals surface area contributed by atoms with E-state index in [0.717, 1.165) is 35.3 Å². The lowest BCUT2D eigenvalue weighted by Crippen LogP contribution is -2.44. The van der Waals surface area contributed by atoms with Crippen LogP contribution in [0.5, 0.6) is 0 Å². The second kappa shape index (κ2) is 6.47. The summed E-state index contributed by atoms with van der Waals surface area (Å²) in [5.41, 5.74) is 1.06. The lowest BCUT2D eigenvalue weighted by atomic mass is 10.1. The molecule has 1 aromatic carbocycles. The zero-order chi connectivity index (χ0) is 16.7. The highest BCUT2D eigenvalue weighted by molar-refractivity contribution is 6.31. The predicted molar refractivity (Wildman–Crippen MR) is 93.0 cm³/mol. The molecule has 1 aromatic heterocycles. The monoisotopic (exact) mass is 346 g/mol. The fourth-order valence-electron chi connectivity index (χ4n) is 3.34. The molecule has 128 valence electrons. The summed E-state index contributed by atoms with van der Waals surface area (Å²) in [5, 5.41) is 9.59. The summed E-state index contributed by atoms with van der Waals surface area (Å²) in [4.78, 5) is 2.41. The van der Waals surface area contributed by atoms with Crippen LogP contribution in [0.1, 0.15) is 49.0 Å². The van der Waals surface area contributed by atoms with Gasteiger partial charge in [0.25, 0.3) is 0 Å². The number of ether oxygens (including phenoxy) is 1. The first-order valence-electron chi connectivity index (χ1n) is 8.61. The molecule has 0 radical (unpaired) electrons. The van der Waals surface area contributed by atoms with Crippen molar-refractivity contribution >= 4 is 11.6 Å². The van der Waals surface area contributed by atoms with Crippen molar-refractivity contribution in [2.24, 2.45) is 7.05 Å². The van der Waals surface area contributed by atoms with E-state index >= 15 is 0 Å². The van der Waals surface area contributed by atoms with Crippen molar-refractivity contribution < 1.29 is 4.74 Å². The predicted octanol–water partition coefficient (Wildman–Crippen LogP) is 3.31. The van der Waals surface area contributed by atoms with Crippen LogP contribution in [0.4, 0.5) is 0 Å². The highest BCUT2D eigenvalue weighted by atomic mass is 35.5. The van der Waals surface area contributed by atoms with Crippen molar-refractivity contribution in [1.29, 1.82) is 0 Å². The highest BCUT2D eigenvalue weighted by Gasteiger charge is 2.32. The number of benzene rings is 1. The van der Waals surface area contributed by atoms with Gasteiger partial charge < -0.3 is 9.30 Å². The Labute approximate surface area is 147 Å². The minimum Gasteiger partial charge on any atom is -0.371 e. The summed E-state index contributed by atoms with van der Waals surface area (Å²) < 4.78 is 8.21. The van der Waals surface area contributed by atoms with Gasteiger partial charge in [-0.2, -0.15) is 0 Å². The third-order valence-corrected chi connectivity index (χ3v) is 5.44. The molecule has 2 heterocycles. The zero-order valence-electron chi connectivity index (χ0n) is 14.2. The van der Waals surface area contributed by atoms with E-state index in [-0.39, 0.29) is 6.10 Å². The number of halogens is 1. The largest absolute Gasteiger partial charge is 0.371 e. The maximum absolute atomic E-state index is 6.35. The summed E-state index contributed by atoms with van der Waals surface area (Å²) >= 11 is 6.35. The van der Waals surface area contributed by atoms with E-state index in [0.29, 0.717) is 18.6 Å². The van der Waals surface area contributed by atoms with E-state index in [1.54, 1.807) is 0 Å². The Morgan fingerprint density at radius 3 is 2.79 bits per heavy atom. The smallest absolute Gasteiger partial charge is 0.146 e. The van der Waals surface area contributed by atoms with Gasteiger partial charge in [0.2, 0.25) is 0 Å². The molecule has 6 heteroatoms. The fourth-order valence-corrected chi connectivity index (χ4v) is 3.60. The number of morpholine rings is 1. The fraction of sp³-hybridized carbons (Fsp3) is 0.556. The van der Waals surface area contributed by atoms with Gasteiger partial charge in [0.05, 0.1) is 19.3 Å². The van der Waals surface area contributed by atoms with E-state index in [2.05, 4.69) is 39.7 Å². The number of nitrogens with zero attached hydrogens (tertiary/aromatic N) is 4. The first-order chi connectivity index (χ1) is 11.6. The summed E-state index contributed by atoms with van der Waals surface area (Å²) in [5.74, 6) is 2.78. The Bertz CT molecular complexity index is 728. The third-order valence-electron chi connectivity index (χ3n) is 5.10. The minimum atomic E-state index is 0.00558. The first-order valence-corrected chi connectivity index (χ1v) is 8.99. The van der Waals surface area contributed by atoms with Crippen molar-refractivity contribution in [2.75, 3.05) is 13.2 Å². The molecule has 2 aliphatic rings. The molecule has 0 unspecified atom stereocenters. The average molecular weight is 347 g/mol. The standard InChI is InChI=1S/C18H23ClN4O/c1-12-11-24-16(14-5-3-4-6-15(14)19)9-23(12)10-17-20-21-18(22(17)2)13-7-8-13/h3-6,12-13,16H,7-11H2,1-2H3/t12-,16-/m1/s1. The molecule has 2 fully saturated rings. The van der Waals surface area contributed by atoms with Crippen molar-refractivity contribution in [3.05, 3.63) is 46.5 Å². The SMILES string of the molecule is C[C@@H]1CO[C@@H](c2ccccc2Cl)CN1Cc1nnc(C2CC2)n1C. The van der Waals surface area contributed by atoms with Crippen molar-refractivity contribution in [3.63, 3.8) is 0 Å². The van der Waals surface area contributed by atoms with Crippen LogP contribution in [0, 0.1) is 0 Å². The van der Waals surface area contributed by atoms with Crippen LogP contribution >= 0.6 is 11.6 Å². The summed E-state index contributed by atoms with van der Waals surface area (Å²) in [7, 11) is 2.08. The molecular formula is C18H23ClN4O. The Morgan fingerprint density at radius 1 is 1.25 bits per heavy atom. The molecule has 0 amide bonds. The lowest BCUT2D eigenvalue weighted by Gasteiger charge is -2.38. The quantitative estimate of drug-likeness (QED) is 0.852. The van der Waals surface area contributed by atoms with E-state index in [4.69, 9.17) is 16.3 Å². The molecule has 1 saturated carbocycles. The van der Waals surface area contributed by atoms with Crippen LogP contribution in [-0.2, 0) is 18.3 Å². The van der Waals surface area contributed by atoms with Gasteiger partial charge in [0, 0.05) is 36.1 Å². The van der Waals surface area contributed by atoms with Gasteiger partial charge in [-0.05, 0) is 25.8 Å². The maximum Gasteiger partial charge on any atom is 0.146 e. The molecule has 0 spiro atoms. The van der Waals surface area contributed by atoms with Crippen LogP contribution < -0.4 is 0 Å². The molecule has 0 bridgehead atoms. The number of aromatic nitrogens is 3. The third kappa shape index (κ3) is 3.08. The normalized spacial score (nSPS) is 25.1. The van der Waals surface area contributed by atoms with Gasteiger partial charge in [-0.15, -0.1) is 10.2 Å². The van der Waals surface area contributed by atoms with E-state index in [1.807, 2.05) is 18.2 Å². The average Bonchev–Trinajstić information content (AvgIpc) is 3.35. The van der Waals surface area contributed by atoms with Crippen molar-refractivity contribution in [3.8, 4) is 0 Å². The molecule has 0 N–H and O–H groups in total. The van der Waals surface area contributed by atoms with Crippen molar-refractivity contribution in [2.45, 2.75) is 44.4 Å². The molecule has 24 heavy (non-hydrogen) atoms. The molecule has 4 rings (SSSR count). The van der Waals surface area contributed by atoms with Gasteiger partial charge in [-0.3, -0.25) is 4.90 Å². The number of hydrogen-bond acceptors (Lipinski definition) is 4. The molecule has 2 aromatic rings. The maximum atomic E-state index is 6.35. The molecular weight excluding hydrogens is 324 g/mol. The van der Waals surface area contributed by atoms with Crippen LogP contribution in [0.2, 0.25) is 5.02 Å². The summed E-state index contributed by atoms with van der Waals surface area (Å²) in [6, 6.07) is 8.29. The van der Waals surface area contributed by atoms with Gasteiger partial charge >= 0.3 is 0 Å². The summed E-state index contributed by atoms with van der Waals surface area (Å²) in [6.45, 7) is 4.50. The Balaban J connectivity index is 1.50. The van der Waals surface area contributed by atoms with E-state index < -0.39 is 0 Å². The van der Waals surface area contributed by atoms with Crippen LogP contribution in [0.25, 0.3) is 0 Å². The topological polar surface area (TPSA) is 43.2 Å². The molecule has 1 aliphatic carbocycles. The Hall–Kier alpha value is -1.43. The molecule has 5 nitrogen and oxygen atoms in total. The van der Waals surface area contributed by atoms with Crippen LogP contribution in [0.15, 0.2) is 24.3 Å². The second-order valence-electron chi connectivity index (χ2n) is 6.93. The first kappa shape index (κ1) is 16.1. The van der Waals surface area contributed by atoms with Gasteiger partial charge in [-0.1, -0.05) is 29.8 Å². The second-order valence-corrected chi connectivity index (χ2v) is 7.34. The minimum absolute atomic E-state index is 0.00558. The zero-order valence-corrected chi connectivity index (χ0v) is 14.9. The van der Waals surface area contributed by atoms with Crippen LogP contribution in [-0.4, -0.2) is 38.9 Å². The molecule has 1 aliphatic heterocycles. The lowest BCUT2D eigenvalue weighted by molar-refractivity contribution is -0.0643. The van der Waals surface area contributed by atoms with E-state index in [1.165, 1.54) is 12.8 Å². The van der Waals surface area contributed by atoms with Gasteiger partial charge in [0.15, 0.2) is 0 Å². The highest BCUT2D eigenvalue weighted by Crippen LogP contribution is 2.39. The molecule has 2 atom stereocenters. The van der Waals surface area contributed by atoms with Gasteiger partial charge in [0.1, 0.15) is 11.6 Å². The number of rotatable bonds is 4.